The van der Waals surface area contributed by atoms with Gasteiger partial charge in [-0.05, 0) is 28.1 Å². The number of aromatic nitrogens is 1. The second-order valence-corrected chi connectivity index (χ2v) is 7.98. The Morgan fingerprint density at radius 1 is 1.21 bits per heavy atom. The van der Waals surface area contributed by atoms with Gasteiger partial charge in [-0.15, -0.1) is 0 Å². The highest BCUT2D eigenvalue weighted by atomic mass is 79.9. The van der Waals surface area contributed by atoms with Gasteiger partial charge in [-0.25, -0.2) is 13.4 Å². The minimum atomic E-state index is -4.95. The van der Waals surface area contributed by atoms with E-state index < -0.39 is 27.7 Å². The van der Waals surface area contributed by atoms with Crippen LogP contribution in [-0.4, -0.2) is 45.3 Å². The number of carbonyl (C=O) groups excluding carboxylic acids is 1. The largest absolute Gasteiger partial charge is 0.496 e. The molecule has 0 aliphatic heterocycles. The maximum absolute atomic E-state index is 12.9. The molecule has 0 bridgehead atoms. The summed E-state index contributed by atoms with van der Waals surface area (Å²) in [5.41, 5.74) is -0.686. The standard InChI is InChI=1S/C16H14BrF3N2O5S/c1-26-9-6-12(21-13(7-9)27-2)15(23)10-4-3-5-11(17)14(10)22-28(24,25)8-16(18,19)20/h3-7,22H,8H2,1-2H3. The van der Waals surface area contributed by atoms with Gasteiger partial charge in [-0.2, -0.15) is 13.2 Å². The van der Waals surface area contributed by atoms with Crippen molar-refractivity contribution in [2.75, 3.05) is 24.7 Å². The van der Waals surface area contributed by atoms with Gasteiger partial charge < -0.3 is 9.47 Å². The van der Waals surface area contributed by atoms with Crippen LogP contribution in [0.4, 0.5) is 18.9 Å². The molecule has 2 aromatic rings. The Bertz CT molecular complexity index is 974. The monoisotopic (exact) mass is 482 g/mol. The number of para-hydroxylation sites is 1. The van der Waals surface area contributed by atoms with Crippen molar-refractivity contribution < 1.29 is 35.9 Å². The van der Waals surface area contributed by atoms with Gasteiger partial charge in [0.05, 0.1) is 19.9 Å². The van der Waals surface area contributed by atoms with E-state index in [-0.39, 0.29) is 33.0 Å². The highest BCUT2D eigenvalue weighted by Gasteiger charge is 2.36. The van der Waals surface area contributed by atoms with Gasteiger partial charge in [0.15, 0.2) is 5.75 Å². The number of nitrogens with zero attached hydrogens (tertiary/aromatic N) is 1. The first-order valence-corrected chi connectivity index (χ1v) is 9.91. The number of nitrogens with one attached hydrogen (secondary N) is 1. The Kier molecular flexibility index (Phi) is 6.55. The Hall–Kier alpha value is -2.34. The van der Waals surface area contributed by atoms with Gasteiger partial charge in [0.2, 0.25) is 21.7 Å². The van der Waals surface area contributed by atoms with Gasteiger partial charge in [0.1, 0.15) is 11.4 Å². The molecule has 0 saturated heterocycles. The number of hydrogen-bond acceptors (Lipinski definition) is 6. The number of ketones is 1. The molecule has 152 valence electrons. The summed E-state index contributed by atoms with van der Waals surface area (Å²) >= 11 is 3.05. The third-order valence-electron chi connectivity index (χ3n) is 3.32. The number of rotatable bonds is 7. The lowest BCUT2D eigenvalue weighted by Gasteiger charge is -2.15. The van der Waals surface area contributed by atoms with E-state index in [4.69, 9.17) is 9.47 Å². The summed E-state index contributed by atoms with van der Waals surface area (Å²) in [5.74, 6) is -2.52. The first kappa shape index (κ1) is 22.0. The first-order chi connectivity index (χ1) is 13.0. The molecule has 12 heteroatoms. The molecule has 0 fully saturated rings. The van der Waals surface area contributed by atoms with Crippen molar-refractivity contribution in [3.8, 4) is 11.6 Å². The van der Waals surface area contributed by atoms with Crippen LogP contribution in [0.5, 0.6) is 11.6 Å². The summed E-state index contributed by atoms with van der Waals surface area (Å²) < 4.78 is 73.2. The first-order valence-electron chi connectivity index (χ1n) is 7.46. The Labute approximate surface area is 167 Å². The average molecular weight is 483 g/mol. The predicted molar refractivity (Wildman–Crippen MR) is 98.4 cm³/mol. The molecule has 1 aromatic carbocycles. The fraction of sp³-hybridized carbons (Fsp3) is 0.250. The van der Waals surface area contributed by atoms with Crippen LogP contribution in [0.15, 0.2) is 34.8 Å². The summed E-state index contributed by atoms with van der Waals surface area (Å²) in [6.45, 7) is 0. The summed E-state index contributed by atoms with van der Waals surface area (Å²) in [6.07, 6.45) is -4.95. The van der Waals surface area contributed by atoms with E-state index in [1.54, 1.807) is 0 Å². The van der Waals surface area contributed by atoms with Gasteiger partial charge in [-0.3, -0.25) is 9.52 Å². The van der Waals surface area contributed by atoms with Crippen molar-refractivity contribution in [2.24, 2.45) is 0 Å². The summed E-state index contributed by atoms with van der Waals surface area (Å²) in [7, 11) is -2.12. The van der Waals surface area contributed by atoms with Crippen molar-refractivity contribution in [1.82, 2.24) is 4.98 Å². The molecule has 0 unspecified atom stereocenters. The zero-order chi connectivity index (χ0) is 21.1. The number of alkyl halides is 3. The normalized spacial score (nSPS) is 11.8. The van der Waals surface area contributed by atoms with Crippen LogP contribution >= 0.6 is 15.9 Å². The lowest BCUT2D eigenvalue weighted by Crippen LogP contribution is -2.28. The molecule has 0 aliphatic carbocycles. The van der Waals surface area contributed by atoms with Crippen LogP contribution in [-0.2, 0) is 10.0 Å². The van der Waals surface area contributed by atoms with Crippen LogP contribution in [0.2, 0.25) is 0 Å². The highest BCUT2D eigenvalue weighted by Crippen LogP contribution is 2.31. The van der Waals surface area contributed by atoms with E-state index in [1.165, 1.54) is 44.6 Å². The fourth-order valence-corrected chi connectivity index (χ4v) is 3.81. The molecule has 1 heterocycles. The maximum atomic E-state index is 12.9. The molecule has 7 nitrogen and oxygen atoms in total. The van der Waals surface area contributed by atoms with Crippen molar-refractivity contribution in [3.63, 3.8) is 0 Å². The van der Waals surface area contributed by atoms with Gasteiger partial charge in [0.25, 0.3) is 0 Å². The molecular weight excluding hydrogens is 469 g/mol. The molecular formula is C16H14BrF3N2O5S. The number of benzene rings is 1. The van der Waals surface area contributed by atoms with Crippen LogP contribution in [0, 0.1) is 0 Å². The van der Waals surface area contributed by atoms with E-state index in [2.05, 4.69) is 20.9 Å². The van der Waals surface area contributed by atoms with Crippen LogP contribution in [0.25, 0.3) is 0 Å². The maximum Gasteiger partial charge on any atom is 0.404 e. The molecule has 0 radical (unpaired) electrons. The molecule has 0 spiro atoms. The van der Waals surface area contributed by atoms with Crippen LogP contribution < -0.4 is 14.2 Å². The highest BCUT2D eigenvalue weighted by molar-refractivity contribution is 9.10. The fourth-order valence-electron chi connectivity index (χ4n) is 2.18. The Balaban J connectivity index is 2.50. The van der Waals surface area contributed by atoms with Gasteiger partial charge >= 0.3 is 6.18 Å². The second kappa shape index (κ2) is 8.35. The molecule has 1 N–H and O–H groups in total. The van der Waals surface area contributed by atoms with E-state index in [9.17, 15) is 26.4 Å². The third kappa shape index (κ3) is 5.58. The van der Waals surface area contributed by atoms with E-state index in [1.807, 2.05) is 4.72 Å². The molecule has 0 aliphatic rings. The number of carbonyl (C=O) groups is 1. The quantitative estimate of drug-likeness (QED) is 0.607. The second-order valence-electron chi connectivity index (χ2n) is 5.40. The predicted octanol–water partition coefficient (Wildman–Crippen LogP) is 3.40. The third-order valence-corrected chi connectivity index (χ3v) is 5.21. The molecule has 1 aromatic heterocycles. The lowest BCUT2D eigenvalue weighted by atomic mass is 10.1. The average Bonchev–Trinajstić information content (AvgIpc) is 2.60. The smallest absolute Gasteiger partial charge is 0.404 e. The molecule has 28 heavy (non-hydrogen) atoms. The van der Waals surface area contributed by atoms with Crippen LogP contribution in [0.1, 0.15) is 16.1 Å². The van der Waals surface area contributed by atoms with Crippen molar-refractivity contribution in [1.29, 1.82) is 0 Å². The number of ether oxygens (including phenoxy) is 2. The topological polar surface area (TPSA) is 94.6 Å². The summed E-state index contributed by atoms with van der Waals surface area (Å²) in [5, 5.41) is 0. The SMILES string of the molecule is COc1cc(OC)nc(C(=O)c2cccc(Br)c2NS(=O)(=O)CC(F)(F)F)c1. The minimum Gasteiger partial charge on any atom is -0.496 e. The Morgan fingerprint density at radius 3 is 2.46 bits per heavy atom. The van der Waals surface area contributed by atoms with E-state index in [0.717, 1.165) is 0 Å². The number of methoxy groups -OCH3 is 2. The van der Waals surface area contributed by atoms with Crippen LogP contribution in [0.3, 0.4) is 0 Å². The summed E-state index contributed by atoms with van der Waals surface area (Å²) in [4.78, 5) is 16.9. The summed E-state index contributed by atoms with van der Waals surface area (Å²) in [6, 6.07) is 6.77. The van der Waals surface area contributed by atoms with Gasteiger partial charge in [0, 0.05) is 22.2 Å². The zero-order valence-corrected chi connectivity index (χ0v) is 16.9. The van der Waals surface area contributed by atoms with Crippen molar-refractivity contribution in [2.45, 2.75) is 6.18 Å². The number of anilines is 1. The van der Waals surface area contributed by atoms with Gasteiger partial charge in [-0.1, -0.05) is 6.07 Å². The molecule has 0 saturated carbocycles. The van der Waals surface area contributed by atoms with E-state index >= 15 is 0 Å². The number of pyridine rings is 1. The molecule has 0 amide bonds. The molecule has 0 atom stereocenters. The Morgan fingerprint density at radius 2 is 1.89 bits per heavy atom. The molecule has 2 rings (SSSR count). The van der Waals surface area contributed by atoms with Crippen molar-refractivity contribution in [3.05, 3.63) is 46.1 Å². The lowest BCUT2D eigenvalue weighted by molar-refractivity contribution is -0.106. The number of sulfonamides is 1. The minimum absolute atomic E-state index is 0.0666. The number of hydrogen-bond donors (Lipinski definition) is 1. The van der Waals surface area contributed by atoms with E-state index in [0.29, 0.717) is 0 Å². The number of halogens is 4. The zero-order valence-electron chi connectivity index (χ0n) is 14.5. The van der Waals surface area contributed by atoms with Crippen molar-refractivity contribution >= 4 is 37.4 Å².